The van der Waals surface area contributed by atoms with Crippen molar-refractivity contribution < 1.29 is 12.6 Å². The van der Waals surface area contributed by atoms with Crippen molar-refractivity contribution in [3.05, 3.63) is 41.2 Å². The number of rotatable bonds is 5. The van der Waals surface area contributed by atoms with Gasteiger partial charge in [-0.05, 0) is 11.6 Å². The lowest BCUT2D eigenvalue weighted by Crippen LogP contribution is -2.10. The van der Waals surface area contributed by atoms with Crippen LogP contribution < -0.4 is 9.50 Å². The summed E-state index contributed by atoms with van der Waals surface area (Å²) in [6, 6.07) is 7.06. The average molecular weight is 354 g/mol. The molecule has 0 bridgehead atoms. The summed E-state index contributed by atoms with van der Waals surface area (Å²) in [6.07, 6.45) is 2.35. The lowest BCUT2D eigenvalue weighted by molar-refractivity contribution is 0.472. The molecular formula is C13H12ClN5O3S. The van der Waals surface area contributed by atoms with Crippen molar-refractivity contribution >= 4 is 38.7 Å². The maximum absolute atomic E-state index is 11.2. The van der Waals surface area contributed by atoms with Crippen molar-refractivity contribution in [2.75, 3.05) is 11.6 Å². The summed E-state index contributed by atoms with van der Waals surface area (Å²) < 4.78 is 27.2. The molecule has 2 N–H and O–H groups in total. The Morgan fingerprint density at radius 1 is 1.30 bits per heavy atom. The van der Waals surface area contributed by atoms with Gasteiger partial charge in [-0.25, -0.2) is 4.98 Å². The van der Waals surface area contributed by atoms with E-state index in [2.05, 4.69) is 25.3 Å². The van der Waals surface area contributed by atoms with Crippen LogP contribution in [-0.4, -0.2) is 34.6 Å². The molecule has 0 saturated heterocycles. The largest absolute Gasteiger partial charge is 0.364 e. The molecular weight excluding hydrogens is 342 g/mol. The molecule has 0 aliphatic carbocycles. The van der Waals surface area contributed by atoms with E-state index in [1.54, 1.807) is 6.07 Å². The molecule has 0 radical (unpaired) electrons. The molecule has 8 nitrogen and oxygen atoms in total. The minimum absolute atomic E-state index is 0.292. The zero-order chi connectivity index (χ0) is 16.4. The molecule has 3 aromatic rings. The molecule has 0 spiro atoms. The Kier molecular flexibility index (Phi) is 4.05. The fourth-order valence-corrected chi connectivity index (χ4v) is 2.48. The van der Waals surface area contributed by atoms with Gasteiger partial charge in [-0.15, -0.1) is 0 Å². The Balaban J connectivity index is 1.92. The Hall–Kier alpha value is -2.39. The molecule has 0 saturated carbocycles. The fourth-order valence-electron chi connectivity index (χ4n) is 1.93. The van der Waals surface area contributed by atoms with Gasteiger partial charge in [-0.1, -0.05) is 29.8 Å². The number of imidazole rings is 1. The number of fused-ring (bicyclic) bond motifs is 1. The fraction of sp³-hybridized carbons (Fsp3) is 0.154. The number of nitrogens with zero attached hydrogens (tertiary/aromatic N) is 3. The lowest BCUT2D eigenvalue weighted by atomic mass is 10.2. The topological polar surface area (TPSA) is 110 Å². The third-order valence-corrected chi connectivity index (χ3v) is 3.72. The van der Waals surface area contributed by atoms with Crippen molar-refractivity contribution in [3.8, 4) is 6.01 Å². The first-order valence-corrected chi connectivity index (χ1v) is 8.70. The van der Waals surface area contributed by atoms with Gasteiger partial charge in [-0.3, -0.25) is 0 Å². The third-order valence-electron chi connectivity index (χ3n) is 2.90. The lowest BCUT2D eigenvalue weighted by Gasteiger charge is -2.09. The van der Waals surface area contributed by atoms with Gasteiger partial charge >= 0.3 is 16.1 Å². The zero-order valence-corrected chi connectivity index (χ0v) is 13.5. The predicted octanol–water partition coefficient (Wildman–Crippen LogP) is 1.96. The summed E-state index contributed by atoms with van der Waals surface area (Å²) in [5.41, 5.74) is 1.70. The van der Waals surface area contributed by atoms with E-state index in [-0.39, 0.29) is 6.01 Å². The summed E-state index contributed by atoms with van der Waals surface area (Å²) in [5, 5.41) is 3.69. The summed E-state index contributed by atoms with van der Waals surface area (Å²) in [6.45, 7) is 0.392. The van der Waals surface area contributed by atoms with E-state index >= 15 is 0 Å². The molecule has 0 unspecified atom stereocenters. The second kappa shape index (κ2) is 6.01. The van der Waals surface area contributed by atoms with Gasteiger partial charge in [0.2, 0.25) is 0 Å². The second-order valence-corrected chi connectivity index (χ2v) is 6.67. The van der Waals surface area contributed by atoms with Crippen LogP contribution in [0.1, 0.15) is 5.56 Å². The van der Waals surface area contributed by atoms with Gasteiger partial charge < -0.3 is 14.5 Å². The number of benzene rings is 1. The molecule has 0 atom stereocenters. The van der Waals surface area contributed by atoms with Gasteiger partial charge in [0.05, 0.1) is 12.6 Å². The summed E-state index contributed by atoms with van der Waals surface area (Å²) in [7, 11) is -3.73. The van der Waals surface area contributed by atoms with Crippen LogP contribution in [0.2, 0.25) is 5.02 Å². The number of nitrogens with one attached hydrogen (secondary N) is 2. The van der Waals surface area contributed by atoms with E-state index in [9.17, 15) is 8.42 Å². The van der Waals surface area contributed by atoms with Crippen molar-refractivity contribution in [3.63, 3.8) is 0 Å². The molecule has 2 aromatic heterocycles. The van der Waals surface area contributed by atoms with E-state index in [4.69, 9.17) is 15.8 Å². The molecule has 0 aliphatic heterocycles. The summed E-state index contributed by atoms with van der Waals surface area (Å²) in [4.78, 5) is 14.9. The Morgan fingerprint density at radius 2 is 2.09 bits per heavy atom. The van der Waals surface area contributed by atoms with Crippen LogP contribution in [0.4, 0.5) is 5.82 Å². The third kappa shape index (κ3) is 3.69. The highest BCUT2D eigenvalue weighted by molar-refractivity contribution is 7.86. The first-order chi connectivity index (χ1) is 10.9. The number of H-pyrrole nitrogens is 1. The number of hydrogen-bond acceptors (Lipinski definition) is 7. The maximum atomic E-state index is 11.2. The molecule has 0 fully saturated rings. The Morgan fingerprint density at radius 3 is 2.83 bits per heavy atom. The van der Waals surface area contributed by atoms with Crippen molar-refractivity contribution in [2.24, 2.45) is 0 Å². The summed E-state index contributed by atoms with van der Waals surface area (Å²) in [5.74, 6) is 0.367. The van der Waals surface area contributed by atoms with Crippen LogP contribution >= 0.6 is 11.6 Å². The first kappa shape index (κ1) is 15.5. The molecule has 120 valence electrons. The highest BCUT2D eigenvalue weighted by Gasteiger charge is 2.14. The van der Waals surface area contributed by atoms with E-state index in [1.165, 1.54) is 6.33 Å². The number of hydrogen-bond donors (Lipinski definition) is 2. The van der Waals surface area contributed by atoms with Crippen LogP contribution in [0.3, 0.4) is 0 Å². The maximum Gasteiger partial charge on any atom is 0.337 e. The van der Waals surface area contributed by atoms with Crippen LogP contribution in [0.25, 0.3) is 11.2 Å². The quantitative estimate of drug-likeness (QED) is 0.674. The van der Waals surface area contributed by atoms with Gasteiger partial charge in [-0.2, -0.15) is 18.4 Å². The SMILES string of the molecule is CS(=O)(=O)Oc1nc(NCc2ccccc2Cl)c2[nH]cnc2n1. The standard InChI is InChI=1S/C13H12ClN5O3S/c1-23(20,21)22-13-18-11(10-12(19-13)17-7-16-10)15-6-8-4-2-3-5-9(8)14/h2-5,7H,6H2,1H3,(H2,15,16,17,18,19). The highest BCUT2D eigenvalue weighted by atomic mass is 35.5. The number of anilines is 1. The number of halogens is 1. The van der Waals surface area contributed by atoms with Gasteiger partial charge in [0.15, 0.2) is 11.5 Å². The molecule has 0 aliphatic rings. The molecule has 3 rings (SSSR count). The molecule has 2 heterocycles. The Bertz CT molecular complexity index is 957. The zero-order valence-electron chi connectivity index (χ0n) is 11.9. The van der Waals surface area contributed by atoms with Crippen LogP contribution in [-0.2, 0) is 16.7 Å². The number of aromatic nitrogens is 4. The van der Waals surface area contributed by atoms with Gasteiger partial charge in [0.1, 0.15) is 5.52 Å². The van der Waals surface area contributed by atoms with Crippen molar-refractivity contribution in [1.29, 1.82) is 0 Å². The first-order valence-electron chi connectivity index (χ1n) is 6.50. The van der Waals surface area contributed by atoms with Gasteiger partial charge in [0, 0.05) is 11.6 Å². The minimum atomic E-state index is -3.73. The number of aromatic amines is 1. The van der Waals surface area contributed by atoms with Crippen molar-refractivity contribution in [2.45, 2.75) is 6.54 Å². The molecule has 0 amide bonds. The second-order valence-electron chi connectivity index (χ2n) is 4.69. The monoisotopic (exact) mass is 353 g/mol. The van der Waals surface area contributed by atoms with E-state index in [0.29, 0.717) is 28.5 Å². The normalized spacial score (nSPS) is 11.6. The van der Waals surface area contributed by atoms with E-state index in [1.807, 2.05) is 18.2 Å². The Labute approximate surface area is 137 Å². The summed E-state index contributed by atoms with van der Waals surface area (Å²) >= 11 is 6.11. The van der Waals surface area contributed by atoms with Gasteiger partial charge in [0.25, 0.3) is 0 Å². The van der Waals surface area contributed by atoms with E-state index < -0.39 is 10.1 Å². The smallest absolute Gasteiger partial charge is 0.337 e. The van der Waals surface area contributed by atoms with Crippen molar-refractivity contribution in [1.82, 2.24) is 19.9 Å². The highest BCUT2D eigenvalue weighted by Crippen LogP contribution is 2.22. The average Bonchev–Trinajstić information content (AvgIpc) is 2.92. The van der Waals surface area contributed by atoms with E-state index in [0.717, 1.165) is 11.8 Å². The molecule has 10 heteroatoms. The van der Waals surface area contributed by atoms with Crippen LogP contribution in [0.5, 0.6) is 6.01 Å². The minimum Gasteiger partial charge on any atom is -0.364 e. The van der Waals surface area contributed by atoms with Crippen LogP contribution in [0, 0.1) is 0 Å². The molecule has 23 heavy (non-hydrogen) atoms. The predicted molar refractivity (Wildman–Crippen MR) is 85.9 cm³/mol. The van der Waals surface area contributed by atoms with Crippen LogP contribution in [0.15, 0.2) is 30.6 Å². The molecule has 1 aromatic carbocycles.